The van der Waals surface area contributed by atoms with Crippen molar-refractivity contribution in [2.45, 2.75) is 5.37 Å². The van der Waals surface area contributed by atoms with Gasteiger partial charge in [-0.3, -0.25) is 0 Å². The summed E-state index contributed by atoms with van der Waals surface area (Å²) >= 11 is 6.67. The van der Waals surface area contributed by atoms with Gasteiger partial charge in [0.05, 0.1) is 0 Å². The van der Waals surface area contributed by atoms with E-state index in [-0.39, 0.29) is 5.37 Å². The van der Waals surface area contributed by atoms with Gasteiger partial charge in [0.25, 0.3) is 0 Å². The second-order valence-corrected chi connectivity index (χ2v) is 5.32. The predicted molar refractivity (Wildman–Crippen MR) is 70.0 cm³/mol. The highest BCUT2D eigenvalue weighted by Crippen LogP contribution is 2.30. The quantitative estimate of drug-likeness (QED) is 0.769. The van der Waals surface area contributed by atoms with E-state index in [1.54, 1.807) is 11.8 Å². The predicted octanol–water partition coefficient (Wildman–Crippen LogP) is 1.88. The molecule has 0 aromatic heterocycles. The summed E-state index contributed by atoms with van der Waals surface area (Å²) in [6.45, 7) is 0. The molecule has 2 rings (SSSR count). The van der Waals surface area contributed by atoms with Crippen molar-refractivity contribution in [3.63, 3.8) is 0 Å². The highest BCUT2D eigenvalue weighted by molar-refractivity contribution is 8.23. The number of thiocarbonyl (C=S) groups is 1. The molecule has 3 nitrogen and oxygen atoms in total. The molecule has 1 aromatic rings. The van der Waals surface area contributed by atoms with E-state index in [1.807, 2.05) is 14.1 Å². The molecular weight excluding hydrogens is 226 g/mol. The first kappa shape index (κ1) is 10.7. The van der Waals surface area contributed by atoms with Crippen LogP contribution in [0.1, 0.15) is 10.9 Å². The van der Waals surface area contributed by atoms with Gasteiger partial charge in [0, 0.05) is 19.8 Å². The van der Waals surface area contributed by atoms with Gasteiger partial charge in [-0.1, -0.05) is 36.1 Å². The fourth-order valence-corrected chi connectivity index (χ4v) is 2.48. The number of hydrazine groups is 1. The summed E-state index contributed by atoms with van der Waals surface area (Å²) < 4.78 is 0.802. The molecule has 0 spiro atoms. The van der Waals surface area contributed by atoms with Crippen molar-refractivity contribution in [3.05, 3.63) is 29.8 Å². The molecule has 0 radical (unpaired) electrons. The Kier molecular flexibility index (Phi) is 3.14. The van der Waals surface area contributed by atoms with Gasteiger partial charge in [0.1, 0.15) is 9.69 Å². The summed E-state index contributed by atoms with van der Waals surface area (Å²) in [4.78, 5) is 2.09. The molecule has 1 aliphatic rings. The highest BCUT2D eigenvalue weighted by Gasteiger charge is 2.20. The number of hydrogen-bond donors (Lipinski definition) is 2. The van der Waals surface area contributed by atoms with Gasteiger partial charge < -0.3 is 10.3 Å². The molecule has 0 saturated carbocycles. The minimum atomic E-state index is 0.230. The zero-order chi connectivity index (χ0) is 10.8. The summed E-state index contributed by atoms with van der Waals surface area (Å²) in [7, 11) is 4.07. The van der Waals surface area contributed by atoms with Gasteiger partial charge in [-0.2, -0.15) is 0 Å². The van der Waals surface area contributed by atoms with Crippen LogP contribution in [0, 0.1) is 0 Å². The summed E-state index contributed by atoms with van der Waals surface area (Å²) in [6.07, 6.45) is 0. The average Bonchev–Trinajstić information content (AvgIpc) is 2.65. The zero-order valence-corrected chi connectivity index (χ0v) is 10.3. The van der Waals surface area contributed by atoms with Crippen molar-refractivity contribution >= 4 is 34.0 Å². The minimum Gasteiger partial charge on any atom is -0.378 e. The van der Waals surface area contributed by atoms with Gasteiger partial charge in [0.15, 0.2) is 0 Å². The molecule has 80 valence electrons. The van der Waals surface area contributed by atoms with E-state index < -0.39 is 0 Å². The zero-order valence-electron chi connectivity index (χ0n) is 8.65. The molecule has 1 heterocycles. The monoisotopic (exact) mass is 239 g/mol. The number of rotatable bonds is 2. The number of hydrogen-bond acceptors (Lipinski definition) is 4. The topological polar surface area (TPSA) is 27.3 Å². The van der Waals surface area contributed by atoms with Crippen LogP contribution < -0.4 is 15.8 Å². The van der Waals surface area contributed by atoms with E-state index in [2.05, 4.69) is 40.0 Å². The Morgan fingerprint density at radius 3 is 2.40 bits per heavy atom. The largest absolute Gasteiger partial charge is 0.378 e. The molecule has 5 heteroatoms. The second kappa shape index (κ2) is 4.38. The minimum absolute atomic E-state index is 0.230. The summed E-state index contributed by atoms with van der Waals surface area (Å²) in [5, 5.41) is 0.230. The second-order valence-electron chi connectivity index (χ2n) is 3.54. The van der Waals surface area contributed by atoms with E-state index in [9.17, 15) is 0 Å². The van der Waals surface area contributed by atoms with Crippen molar-refractivity contribution in [1.82, 2.24) is 10.9 Å². The Bertz CT molecular complexity index is 361. The lowest BCUT2D eigenvalue weighted by Crippen LogP contribution is -2.26. The Labute approximate surface area is 99.2 Å². The first-order valence-corrected chi connectivity index (χ1v) is 5.95. The van der Waals surface area contributed by atoms with E-state index in [1.165, 1.54) is 11.3 Å². The van der Waals surface area contributed by atoms with Crippen molar-refractivity contribution in [2.75, 3.05) is 19.0 Å². The maximum atomic E-state index is 5.04. The number of anilines is 1. The molecule has 0 amide bonds. The van der Waals surface area contributed by atoms with Crippen molar-refractivity contribution in [3.8, 4) is 0 Å². The van der Waals surface area contributed by atoms with Gasteiger partial charge in [-0.15, -0.1) is 0 Å². The molecule has 1 saturated heterocycles. The highest BCUT2D eigenvalue weighted by atomic mass is 32.2. The first-order valence-electron chi connectivity index (χ1n) is 4.66. The van der Waals surface area contributed by atoms with Crippen LogP contribution in [-0.2, 0) is 0 Å². The van der Waals surface area contributed by atoms with E-state index in [0.717, 1.165) is 4.32 Å². The van der Waals surface area contributed by atoms with Gasteiger partial charge >= 0.3 is 0 Å². The van der Waals surface area contributed by atoms with Gasteiger partial charge in [0.2, 0.25) is 0 Å². The third kappa shape index (κ3) is 2.42. The molecule has 1 atom stereocenters. The van der Waals surface area contributed by atoms with Gasteiger partial charge in [-0.05, 0) is 17.7 Å². The normalized spacial score (nSPS) is 20.1. The standard InChI is InChI=1S/C10H13N3S2/c1-13(2)8-5-3-7(4-6-8)9-11-12-10(14)15-9/h3-6,9,11H,1-2H3,(H,12,14)/t9-/m1/s1. The number of benzene rings is 1. The SMILES string of the molecule is CN(C)c1ccc([C@@H]2NNC(=S)S2)cc1. The van der Waals surface area contributed by atoms with Crippen LogP contribution in [0.2, 0.25) is 0 Å². The maximum Gasteiger partial charge on any atom is 0.149 e. The van der Waals surface area contributed by atoms with Crippen molar-refractivity contribution in [2.24, 2.45) is 0 Å². The molecule has 15 heavy (non-hydrogen) atoms. The van der Waals surface area contributed by atoms with Crippen LogP contribution >= 0.6 is 24.0 Å². The molecule has 0 unspecified atom stereocenters. The first-order chi connectivity index (χ1) is 7.16. The molecule has 1 fully saturated rings. The lowest BCUT2D eigenvalue weighted by molar-refractivity contribution is 0.668. The Morgan fingerprint density at radius 2 is 1.93 bits per heavy atom. The van der Waals surface area contributed by atoms with Crippen LogP contribution in [-0.4, -0.2) is 18.4 Å². The maximum absolute atomic E-state index is 5.04. The number of nitrogens with zero attached hydrogens (tertiary/aromatic N) is 1. The lowest BCUT2D eigenvalue weighted by atomic mass is 10.2. The Hall–Kier alpha value is -0.780. The van der Waals surface area contributed by atoms with Crippen molar-refractivity contribution in [1.29, 1.82) is 0 Å². The summed E-state index contributed by atoms with van der Waals surface area (Å²) in [5.41, 5.74) is 8.51. The molecule has 1 aliphatic heterocycles. The van der Waals surface area contributed by atoms with Crippen LogP contribution in [0.5, 0.6) is 0 Å². The summed E-state index contributed by atoms with van der Waals surface area (Å²) in [6, 6.07) is 8.46. The average molecular weight is 239 g/mol. The van der Waals surface area contributed by atoms with Crippen molar-refractivity contribution < 1.29 is 0 Å². The van der Waals surface area contributed by atoms with E-state index in [0.29, 0.717) is 0 Å². The molecule has 0 aliphatic carbocycles. The fraction of sp³-hybridized carbons (Fsp3) is 0.300. The Morgan fingerprint density at radius 1 is 1.27 bits per heavy atom. The van der Waals surface area contributed by atoms with Crippen LogP contribution in [0.3, 0.4) is 0 Å². The molecule has 0 bridgehead atoms. The van der Waals surface area contributed by atoms with Crippen LogP contribution in [0.4, 0.5) is 5.69 Å². The Balaban J connectivity index is 2.13. The molecule has 2 N–H and O–H groups in total. The van der Waals surface area contributed by atoms with Crippen LogP contribution in [0.25, 0.3) is 0 Å². The smallest absolute Gasteiger partial charge is 0.149 e. The fourth-order valence-electron chi connectivity index (χ4n) is 1.39. The van der Waals surface area contributed by atoms with Gasteiger partial charge in [-0.25, -0.2) is 5.43 Å². The third-order valence-corrected chi connectivity index (χ3v) is 3.58. The number of nitrogens with one attached hydrogen (secondary N) is 2. The van der Waals surface area contributed by atoms with E-state index >= 15 is 0 Å². The molecular formula is C10H13N3S2. The van der Waals surface area contributed by atoms with E-state index in [4.69, 9.17) is 12.2 Å². The lowest BCUT2D eigenvalue weighted by Gasteiger charge is -2.14. The number of thioether (sulfide) groups is 1. The third-order valence-electron chi connectivity index (χ3n) is 2.24. The summed E-state index contributed by atoms with van der Waals surface area (Å²) in [5.74, 6) is 0. The van der Waals surface area contributed by atoms with Crippen LogP contribution in [0.15, 0.2) is 24.3 Å². The molecule has 1 aromatic carbocycles.